The number of nitrogens with zero attached hydrogens (tertiary/aromatic N) is 1. The van der Waals surface area contributed by atoms with E-state index in [1.807, 2.05) is 0 Å². The molecule has 3 heterocycles. The number of carbonyl (C=O) groups excluding carboxylic acids is 1. The van der Waals surface area contributed by atoms with Crippen molar-refractivity contribution in [3.8, 4) is 0 Å². The second kappa shape index (κ2) is 11.4. The Bertz CT molecular complexity index is 668. The number of carbonyl (C=O) groups is 1. The number of halogens is 4. The molecule has 0 aromatic carbocycles. The predicted octanol–water partition coefficient (Wildman–Crippen LogP) is 2.22. The van der Waals surface area contributed by atoms with Gasteiger partial charge < -0.3 is 15.8 Å². The Labute approximate surface area is 198 Å². The highest BCUT2D eigenvalue weighted by Crippen LogP contribution is 2.36. The zero-order valence-electron chi connectivity index (χ0n) is 19.7. The zero-order valence-corrected chi connectivity index (χ0v) is 19.7. The van der Waals surface area contributed by atoms with Gasteiger partial charge in [0.2, 0.25) is 5.91 Å². The molecule has 3 aliphatic heterocycles. The standard InChI is InChI=1S/C23H39F4N5O2/c24-20-21(32-9-1-2-17(32)16-7-8-18(29-11-16)23(25,26)27)30-13-31-22(20)34-12-15-5-3-14(4-6-15)10-19(28)33/h14-18,20-22,29-31H,1-13H2,(H2,28,33). The number of nitrogens with one attached hydrogen (secondary N) is 3. The molecule has 11 heteroatoms. The van der Waals surface area contributed by atoms with Crippen LogP contribution in [-0.2, 0) is 9.53 Å². The Hall–Kier alpha value is -1.01. The van der Waals surface area contributed by atoms with Gasteiger partial charge in [-0.3, -0.25) is 20.3 Å². The summed E-state index contributed by atoms with van der Waals surface area (Å²) in [6, 6.07) is -1.37. The van der Waals surface area contributed by atoms with Crippen molar-refractivity contribution >= 4 is 5.91 Å². The van der Waals surface area contributed by atoms with E-state index in [1.165, 1.54) is 0 Å². The van der Waals surface area contributed by atoms with Crippen molar-refractivity contribution in [3.63, 3.8) is 0 Å². The van der Waals surface area contributed by atoms with Crippen LogP contribution in [-0.4, -0.2) is 74.0 Å². The fourth-order valence-corrected chi connectivity index (χ4v) is 6.39. The Kier molecular flexibility index (Phi) is 8.71. The van der Waals surface area contributed by atoms with E-state index in [1.54, 1.807) is 0 Å². The number of primary amides is 1. The Morgan fingerprint density at radius 3 is 2.38 bits per heavy atom. The first kappa shape index (κ1) is 26.1. The van der Waals surface area contributed by atoms with E-state index in [0.29, 0.717) is 44.5 Å². The SMILES string of the molecule is NC(=O)CC1CCC(COC2NCNC(N3CCCC3C3CCC(C(F)(F)F)NC3)C2F)CC1. The first-order chi connectivity index (χ1) is 16.2. The summed E-state index contributed by atoms with van der Waals surface area (Å²) in [6.45, 7) is 1.94. The fraction of sp³-hybridized carbons (Fsp3) is 0.957. The minimum Gasteiger partial charge on any atom is -0.370 e. The molecule has 3 saturated heterocycles. The largest absolute Gasteiger partial charge is 0.403 e. The van der Waals surface area contributed by atoms with Gasteiger partial charge in [0.25, 0.3) is 0 Å². The molecule has 1 saturated carbocycles. The number of alkyl halides is 4. The van der Waals surface area contributed by atoms with Crippen LogP contribution in [0.3, 0.4) is 0 Å². The lowest BCUT2D eigenvalue weighted by Gasteiger charge is -2.45. The van der Waals surface area contributed by atoms with E-state index in [0.717, 1.165) is 45.1 Å². The van der Waals surface area contributed by atoms with Crippen molar-refractivity contribution < 1.29 is 27.1 Å². The summed E-state index contributed by atoms with van der Waals surface area (Å²) >= 11 is 0. The number of piperidine rings is 1. The molecule has 0 spiro atoms. The zero-order chi connectivity index (χ0) is 24.3. The van der Waals surface area contributed by atoms with Crippen LogP contribution < -0.4 is 21.7 Å². The van der Waals surface area contributed by atoms with Crippen LogP contribution in [0.1, 0.15) is 57.8 Å². The second-order valence-corrected chi connectivity index (χ2v) is 10.6. The van der Waals surface area contributed by atoms with Crippen LogP contribution in [0, 0.1) is 17.8 Å². The van der Waals surface area contributed by atoms with Gasteiger partial charge in [-0.05, 0) is 69.1 Å². The van der Waals surface area contributed by atoms with Gasteiger partial charge in [0, 0.05) is 32.2 Å². The molecule has 196 valence electrons. The van der Waals surface area contributed by atoms with Crippen LogP contribution in [0.5, 0.6) is 0 Å². The smallest absolute Gasteiger partial charge is 0.370 e. The molecule has 6 unspecified atom stereocenters. The molecule has 0 aromatic heterocycles. The van der Waals surface area contributed by atoms with E-state index >= 15 is 4.39 Å². The average molecular weight is 494 g/mol. The topological polar surface area (TPSA) is 91.7 Å². The third-order valence-corrected chi connectivity index (χ3v) is 8.26. The molecule has 0 aromatic rings. The van der Waals surface area contributed by atoms with Crippen molar-refractivity contribution in [3.05, 3.63) is 0 Å². The third kappa shape index (κ3) is 6.40. The van der Waals surface area contributed by atoms with Crippen LogP contribution in [0.25, 0.3) is 0 Å². The van der Waals surface area contributed by atoms with Crippen LogP contribution in [0.4, 0.5) is 17.6 Å². The third-order valence-electron chi connectivity index (χ3n) is 8.26. The van der Waals surface area contributed by atoms with Crippen molar-refractivity contribution in [1.29, 1.82) is 0 Å². The molecule has 7 nitrogen and oxygen atoms in total. The minimum atomic E-state index is -4.22. The van der Waals surface area contributed by atoms with Gasteiger partial charge >= 0.3 is 6.18 Å². The summed E-state index contributed by atoms with van der Waals surface area (Å²) in [6.07, 6.45) is -0.130. The molecule has 4 aliphatic rings. The second-order valence-electron chi connectivity index (χ2n) is 10.6. The van der Waals surface area contributed by atoms with Crippen LogP contribution in [0.2, 0.25) is 0 Å². The minimum absolute atomic E-state index is 0.0664. The van der Waals surface area contributed by atoms with Crippen LogP contribution >= 0.6 is 0 Å². The van der Waals surface area contributed by atoms with Gasteiger partial charge in [0.05, 0.1) is 12.8 Å². The first-order valence-electron chi connectivity index (χ1n) is 12.8. The van der Waals surface area contributed by atoms with Gasteiger partial charge in [0.15, 0.2) is 6.17 Å². The number of amides is 1. The number of ether oxygens (including phenoxy) is 1. The Morgan fingerprint density at radius 2 is 1.74 bits per heavy atom. The molecular weight excluding hydrogens is 454 g/mol. The molecule has 5 N–H and O–H groups in total. The van der Waals surface area contributed by atoms with Crippen LogP contribution in [0.15, 0.2) is 0 Å². The summed E-state index contributed by atoms with van der Waals surface area (Å²) < 4.78 is 60.6. The van der Waals surface area contributed by atoms with Gasteiger partial charge in [0.1, 0.15) is 12.3 Å². The summed E-state index contributed by atoms with van der Waals surface area (Å²) in [7, 11) is 0. The molecule has 6 atom stereocenters. The maximum absolute atomic E-state index is 15.6. The number of hydrogen-bond acceptors (Lipinski definition) is 6. The lowest BCUT2D eigenvalue weighted by molar-refractivity contribution is -0.163. The maximum Gasteiger partial charge on any atom is 0.403 e. The Balaban J connectivity index is 1.26. The lowest BCUT2D eigenvalue weighted by atomic mass is 9.81. The van der Waals surface area contributed by atoms with Gasteiger partial charge in [-0.15, -0.1) is 0 Å². The molecule has 1 amide bonds. The predicted molar refractivity (Wildman–Crippen MR) is 119 cm³/mol. The van der Waals surface area contributed by atoms with Crippen molar-refractivity contribution in [2.75, 3.05) is 26.4 Å². The van der Waals surface area contributed by atoms with Gasteiger partial charge in [-0.1, -0.05) is 0 Å². The normalized spacial score (nSPS) is 40.4. The molecule has 4 rings (SSSR count). The summed E-state index contributed by atoms with van der Waals surface area (Å²) in [5.74, 6) is 0.520. The molecular formula is C23H39F4N5O2. The molecule has 1 aliphatic carbocycles. The van der Waals surface area contributed by atoms with E-state index in [9.17, 15) is 18.0 Å². The highest BCUT2D eigenvalue weighted by Gasteiger charge is 2.47. The van der Waals surface area contributed by atoms with Gasteiger partial charge in [-0.2, -0.15) is 13.2 Å². The molecule has 34 heavy (non-hydrogen) atoms. The van der Waals surface area contributed by atoms with E-state index in [4.69, 9.17) is 10.5 Å². The summed E-state index contributed by atoms with van der Waals surface area (Å²) in [5, 5.41) is 8.97. The average Bonchev–Trinajstić information content (AvgIpc) is 3.28. The molecule has 4 fully saturated rings. The van der Waals surface area contributed by atoms with Crippen molar-refractivity contribution in [1.82, 2.24) is 20.9 Å². The van der Waals surface area contributed by atoms with E-state index in [-0.39, 0.29) is 24.3 Å². The number of rotatable bonds is 7. The molecule has 0 bridgehead atoms. The highest BCUT2D eigenvalue weighted by molar-refractivity contribution is 5.73. The highest BCUT2D eigenvalue weighted by atomic mass is 19.4. The Morgan fingerprint density at radius 1 is 1.00 bits per heavy atom. The number of nitrogens with two attached hydrogens (primary N) is 1. The monoisotopic (exact) mass is 493 g/mol. The van der Waals surface area contributed by atoms with Crippen molar-refractivity contribution in [2.45, 2.75) is 94.6 Å². The molecule has 0 radical (unpaired) electrons. The van der Waals surface area contributed by atoms with Gasteiger partial charge in [-0.25, -0.2) is 4.39 Å². The fourth-order valence-electron chi connectivity index (χ4n) is 6.39. The quantitative estimate of drug-likeness (QED) is 0.407. The summed E-state index contributed by atoms with van der Waals surface area (Å²) in [5.41, 5.74) is 5.30. The van der Waals surface area contributed by atoms with Crippen molar-refractivity contribution in [2.24, 2.45) is 23.5 Å². The number of hydrogen-bond donors (Lipinski definition) is 4. The van der Waals surface area contributed by atoms with E-state index < -0.39 is 30.8 Å². The maximum atomic E-state index is 15.6. The lowest BCUT2D eigenvalue weighted by Crippen LogP contribution is -2.67. The van der Waals surface area contributed by atoms with E-state index in [2.05, 4.69) is 20.9 Å². The summed E-state index contributed by atoms with van der Waals surface area (Å²) in [4.78, 5) is 13.2. The first-order valence-corrected chi connectivity index (χ1v) is 12.8. The number of likely N-dealkylation sites (tertiary alicyclic amines) is 1.